The Bertz CT molecular complexity index is 627. The number of thiazole rings is 1. The molecule has 7 heteroatoms. The molecule has 0 unspecified atom stereocenters. The third-order valence-corrected chi connectivity index (χ3v) is 3.40. The fourth-order valence-corrected chi connectivity index (χ4v) is 2.31. The number of nitrogens with zero attached hydrogens (tertiary/aromatic N) is 1. The first kappa shape index (κ1) is 13.3. The third-order valence-electron chi connectivity index (χ3n) is 2.49. The van der Waals surface area contributed by atoms with Crippen LogP contribution in [0.2, 0.25) is 0 Å². The van der Waals surface area contributed by atoms with E-state index >= 15 is 0 Å². The van der Waals surface area contributed by atoms with Crippen molar-refractivity contribution in [2.24, 2.45) is 0 Å². The number of halogens is 1. The number of carboxylic acids is 1. The molecule has 0 aliphatic carbocycles. The molecule has 19 heavy (non-hydrogen) atoms. The lowest BCUT2D eigenvalue weighted by Gasteiger charge is -2.09. The van der Waals surface area contributed by atoms with Crippen LogP contribution in [0.5, 0.6) is 0 Å². The van der Waals surface area contributed by atoms with Gasteiger partial charge in [0.05, 0.1) is 28.5 Å². The number of benzene rings is 1. The summed E-state index contributed by atoms with van der Waals surface area (Å²) in [5.74, 6) is -2.15. The van der Waals surface area contributed by atoms with Crippen LogP contribution in [0.1, 0.15) is 20.2 Å². The van der Waals surface area contributed by atoms with Crippen molar-refractivity contribution in [1.82, 2.24) is 4.98 Å². The third kappa shape index (κ3) is 3.00. The van der Waals surface area contributed by atoms with E-state index in [1.807, 2.05) is 6.92 Å². The molecule has 0 saturated heterocycles. The molecule has 0 aliphatic heterocycles. The van der Waals surface area contributed by atoms with Crippen molar-refractivity contribution < 1.29 is 14.3 Å². The quantitative estimate of drug-likeness (QED) is 0.749. The number of nitrogens with two attached hydrogens (primary N) is 1. The van der Waals surface area contributed by atoms with E-state index < -0.39 is 17.3 Å². The highest BCUT2D eigenvalue weighted by Crippen LogP contribution is 2.24. The molecular formula is C12H12FN3O2S. The van der Waals surface area contributed by atoms with Crippen LogP contribution in [0.15, 0.2) is 18.3 Å². The predicted molar refractivity (Wildman–Crippen MR) is 71.9 cm³/mol. The Labute approximate surface area is 112 Å². The van der Waals surface area contributed by atoms with Gasteiger partial charge in [0.1, 0.15) is 5.82 Å². The monoisotopic (exact) mass is 281 g/mol. The number of aromatic nitrogens is 1. The normalized spacial score (nSPS) is 10.4. The molecule has 100 valence electrons. The van der Waals surface area contributed by atoms with E-state index in [0.717, 1.165) is 22.0 Å². The summed E-state index contributed by atoms with van der Waals surface area (Å²) in [5, 5.41) is 12.7. The molecule has 2 rings (SSSR count). The molecule has 5 nitrogen and oxygen atoms in total. The zero-order chi connectivity index (χ0) is 14.0. The van der Waals surface area contributed by atoms with E-state index in [1.165, 1.54) is 11.3 Å². The molecule has 0 spiro atoms. The summed E-state index contributed by atoms with van der Waals surface area (Å²) in [6.07, 6.45) is 1.73. The summed E-state index contributed by atoms with van der Waals surface area (Å²) in [6, 6.07) is 2.20. The summed E-state index contributed by atoms with van der Waals surface area (Å²) in [7, 11) is 0. The van der Waals surface area contributed by atoms with Crippen LogP contribution < -0.4 is 11.1 Å². The van der Waals surface area contributed by atoms with Gasteiger partial charge >= 0.3 is 5.97 Å². The minimum atomic E-state index is -1.34. The summed E-state index contributed by atoms with van der Waals surface area (Å²) in [6.45, 7) is 2.35. The molecule has 0 radical (unpaired) electrons. The minimum absolute atomic E-state index is 0.194. The number of anilines is 2. The van der Waals surface area contributed by atoms with Crippen molar-refractivity contribution >= 4 is 28.7 Å². The first-order chi connectivity index (χ1) is 8.97. The van der Waals surface area contributed by atoms with Crippen LogP contribution in [0, 0.1) is 12.7 Å². The second-order valence-corrected chi connectivity index (χ2v) is 5.24. The largest absolute Gasteiger partial charge is 0.478 e. The summed E-state index contributed by atoms with van der Waals surface area (Å²) < 4.78 is 13.5. The predicted octanol–water partition coefficient (Wildman–Crippen LogP) is 2.48. The summed E-state index contributed by atoms with van der Waals surface area (Å²) in [4.78, 5) is 15.8. The van der Waals surface area contributed by atoms with Crippen LogP contribution in [0.25, 0.3) is 0 Å². The van der Waals surface area contributed by atoms with Crippen LogP contribution in [-0.2, 0) is 6.54 Å². The Morgan fingerprint density at radius 1 is 1.58 bits per heavy atom. The van der Waals surface area contributed by atoms with Crippen molar-refractivity contribution in [1.29, 1.82) is 0 Å². The molecule has 0 aliphatic rings. The zero-order valence-corrected chi connectivity index (χ0v) is 10.9. The van der Waals surface area contributed by atoms with Crippen LogP contribution in [0.3, 0.4) is 0 Å². The molecule has 0 saturated carbocycles. The number of aromatic carboxylic acids is 1. The van der Waals surface area contributed by atoms with Gasteiger partial charge in [-0.1, -0.05) is 0 Å². The van der Waals surface area contributed by atoms with Gasteiger partial charge < -0.3 is 16.2 Å². The second-order valence-electron chi connectivity index (χ2n) is 3.92. The minimum Gasteiger partial charge on any atom is -0.478 e. The smallest absolute Gasteiger partial charge is 0.338 e. The Balaban J connectivity index is 2.17. The number of hydrogen-bond acceptors (Lipinski definition) is 5. The van der Waals surface area contributed by atoms with Gasteiger partial charge in [-0.3, -0.25) is 0 Å². The SMILES string of the molecule is Cc1ncc(CNc2cc(F)c(C(=O)O)cc2N)s1. The Hall–Kier alpha value is -2.15. The molecule has 0 atom stereocenters. The highest BCUT2D eigenvalue weighted by molar-refractivity contribution is 7.11. The molecule has 0 fully saturated rings. The van der Waals surface area contributed by atoms with Crippen LogP contribution in [0.4, 0.5) is 15.8 Å². The van der Waals surface area contributed by atoms with Gasteiger partial charge in [0.2, 0.25) is 0 Å². The zero-order valence-electron chi connectivity index (χ0n) is 10.1. The number of carboxylic acid groups (broad SMARTS) is 1. The van der Waals surface area contributed by atoms with Crippen molar-refractivity contribution in [3.05, 3.63) is 39.6 Å². The average molecular weight is 281 g/mol. The lowest BCUT2D eigenvalue weighted by molar-refractivity contribution is 0.0692. The van der Waals surface area contributed by atoms with Gasteiger partial charge in [-0.2, -0.15) is 0 Å². The average Bonchev–Trinajstić information content (AvgIpc) is 2.75. The van der Waals surface area contributed by atoms with Gasteiger partial charge in [-0.15, -0.1) is 11.3 Å². The van der Waals surface area contributed by atoms with Crippen molar-refractivity contribution in [2.75, 3.05) is 11.1 Å². The van der Waals surface area contributed by atoms with Gasteiger partial charge in [-0.25, -0.2) is 14.2 Å². The maximum atomic E-state index is 13.5. The number of rotatable bonds is 4. The van der Waals surface area contributed by atoms with E-state index in [1.54, 1.807) is 6.20 Å². The molecule has 4 N–H and O–H groups in total. The van der Waals surface area contributed by atoms with Crippen molar-refractivity contribution in [3.8, 4) is 0 Å². The maximum absolute atomic E-state index is 13.5. The lowest BCUT2D eigenvalue weighted by atomic mass is 10.1. The van der Waals surface area contributed by atoms with Gasteiger partial charge in [0.25, 0.3) is 0 Å². The Kier molecular flexibility index (Phi) is 3.66. The van der Waals surface area contributed by atoms with E-state index in [9.17, 15) is 9.18 Å². The van der Waals surface area contributed by atoms with Crippen LogP contribution >= 0.6 is 11.3 Å². The van der Waals surface area contributed by atoms with Crippen molar-refractivity contribution in [3.63, 3.8) is 0 Å². The first-order valence-electron chi connectivity index (χ1n) is 5.45. The molecule has 2 aromatic rings. The molecule has 1 aromatic heterocycles. The number of nitrogens with one attached hydrogen (secondary N) is 1. The molecule has 0 bridgehead atoms. The topological polar surface area (TPSA) is 88.2 Å². The number of aryl methyl sites for hydroxylation is 1. The summed E-state index contributed by atoms with van der Waals surface area (Å²) in [5.41, 5.74) is 5.82. The van der Waals surface area contributed by atoms with E-state index in [-0.39, 0.29) is 5.69 Å². The molecular weight excluding hydrogens is 269 g/mol. The fraction of sp³-hybridized carbons (Fsp3) is 0.167. The Morgan fingerprint density at radius 2 is 2.32 bits per heavy atom. The number of hydrogen-bond donors (Lipinski definition) is 3. The Morgan fingerprint density at radius 3 is 2.89 bits per heavy atom. The second kappa shape index (κ2) is 5.23. The molecule has 1 heterocycles. The molecule has 1 aromatic carbocycles. The van der Waals surface area contributed by atoms with E-state index in [2.05, 4.69) is 10.3 Å². The lowest BCUT2D eigenvalue weighted by Crippen LogP contribution is -2.06. The van der Waals surface area contributed by atoms with E-state index in [4.69, 9.17) is 10.8 Å². The van der Waals surface area contributed by atoms with E-state index in [0.29, 0.717) is 12.2 Å². The first-order valence-corrected chi connectivity index (χ1v) is 6.26. The summed E-state index contributed by atoms with van der Waals surface area (Å²) >= 11 is 1.52. The maximum Gasteiger partial charge on any atom is 0.338 e. The highest BCUT2D eigenvalue weighted by atomic mass is 32.1. The number of carbonyl (C=O) groups is 1. The molecule has 0 amide bonds. The fourth-order valence-electron chi connectivity index (χ4n) is 1.58. The van der Waals surface area contributed by atoms with Gasteiger partial charge in [-0.05, 0) is 19.1 Å². The van der Waals surface area contributed by atoms with Crippen LogP contribution in [-0.4, -0.2) is 16.1 Å². The van der Waals surface area contributed by atoms with Gasteiger partial charge in [0, 0.05) is 11.1 Å². The number of nitrogen functional groups attached to an aromatic ring is 1. The van der Waals surface area contributed by atoms with Gasteiger partial charge in [0.15, 0.2) is 0 Å². The standard InChI is InChI=1S/C12H12FN3O2S/c1-6-15-4-7(19-6)5-16-11-3-9(13)8(12(17)18)2-10(11)14/h2-4,16H,5,14H2,1H3,(H,17,18). The van der Waals surface area contributed by atoms with Crippen molar-refractivity contribution in [2.45, 2.75) is 13.5 Å². The highest BCUT2D eigenvalue weighted by Gasteiger charge is 2.13.